The van der Waals surface area contributed by atoms with Crippen molar-refractivity contribution in [1.82, 2.24) is 9.80 Å². The first-order chi connectivity index (χ1) is 12.9. The summed E-state index contributed by atoms with van der Waals surface area (Å²) >= 11 is 0. The molecule has 3 rings (SSSR count). The predicted octanol–water partition coefficient (Wildman–Crippen LogP) is 4.81. The maximum atomic E-state index is 2.59. The van der Waals surface area contributed by atoms with Crippen LogP contribution in [-0.4, -0.2) is 49.1 Å². The smallest absolute Gasteiger partial charge is 0.0110 e. The molecule has 0 radical (unpaired) electrons. The third-order valence-corrected chi connectivity index (χ3v) is 4.91. The standard InChI is InChI=1S/C24H30N2/c1-3-11-23(12-4-1)15-7-9-17-25-19-21-26(22-20-25)18-10-8-16-24-13-5-2-6-14-24/h1-8,11-16H,9-10,17-22H2/b15-7+,16-8+. The van der Waals surface area contributed by atoms with E-state index in [2.05, 4.69) is 94.8 Å². The van der Waals surface area contributed by atoms with Crippen molar-refractivity contribution < 1.29 is 0 Å². The van der Waals surface area contributed by atoms with E-state index in [-0.39, 0.29) is 0 Å². The molecule has 136 valence electrons. The van der Waals surface area contributed by atoms with Gasteiger partial charge in [0.15, 0.2) is 0 Å². The topological polar surface area (TPSA) is 6.48 Å². The van der Waals surface area contributed by atoms with Crippen LogP contribution in [0.25, 0.3) is 12.2 Å². The molecule has 1 fully saturated rings. The van der Waals surface area contributed by atoms with Crippen LogP contribution in [0.15, 0.2) is 72.8 Å². The number of benzene rings is 2. The Labute approximate surface area is 158 Å². The van der Waals surface area contributed by atoms with Crippen LogP contribution in [-0.2, 0) is 0 Å². The zero-order valence-corrected chi connectivity index (χ0v) is 15.6. The van der Waals surface area contributed by atoms with Crippen LogP contribution in [0.3, 0.4) is 0 Å². The highest BCUT2D eigenvalue weighted by atomic mass is 15.3. The summed E-state index contributed by atoms with van der Waals surface area (Å²) in [5.41, 5.74) is 2.58. The highest BCUT2D eigenvalue weighted by Crippen LogP contribution is 2.07. The van der Waals surface area contributed by atoms with Gasteiger partial charge >= 0.3 is 0 Å². The monoisotopic (exact) mass is 346 g/mol. The molecule has 1 heterocycles. The van der Waals surface area contributed by atoms with Crippen molar-refractivity contribution in [3.63, 3.8) is 0 Å². The molecule has 1 aliphatic heterocycles. The number of rotatable bonds is 8. The van der Waals surface area contributed by atoms with Crippen LogP contribution >= 0.6 is 0 Å². The van der Waals surface area contributed by atoms with Gasteiger partial charge in [-0.15, -0.1) is 0 Å². The third kappa shape index (κ3) is 6.62. The summed E-state index contributed by atoms with van der Waals surface area (Å²) < 4.78 is 0. The molecule has 1 saturated heterocycles. The van der Waals surface area contributed by atoms with Gasteiger partial charge in [-0.25, -0.2) is 0 Å². The molecule has 0 spiro atoms. The van der Waals surface area contributed by atoms with E-state index in [4.69, 9.17) is 0 Å². The summed E-state index contributed by atoms with van der Waals surface area (Å²) in [5, 5.41) is 0. The van der Waals surface area contributed by atoms with Crippen molar-refractivity contribution in [2.75, 3.05) is 39.3 Å². The fraction of sp³-hybridized carbons (Fsp3) is 0.333. The highest BCUT2D eigenvalue weighted by molar-refractivity contribution is 5.49. The van der Waals surface area contributed by atoms with Crippen molar-refractivity contribution in [3.05, 3.63) is 83.9 Å². The molecule has 26 heavy (non-hydrogen) atoms. The summed E-state index contributed by atoms with van der Waals surface area (Å²) in [7, 11) is 0. The summed E-state index contributed by atoms with van der Waals surface area (Å²) in [4.78, 5) is 5.18. The molecule has 2 aromatic rings. The van der Waals surface area contributed by atoms with Gasteiger partial charge < -0.3 is 9.80 Å². The second-order valence-corrected chi connectivity index (χ2v) is 6.89. The number of hydrogen-bond donors (Lipinski definition) is 0. The Balaban J connectivity index is 1.28. The van der Waals surface area contributed by atoms with Gasteiger partial charge in [-0.2, -0.15) is 0 Å². The van der Waals surface area contributed by atoms with Gasteiger partial charge in [0.2, 0.25) is 0 Å². The van der Waals surface area contributed by atoms with E-state index in [0.29, 0.717) is 0 Å². The maximum Gasteiger partial charge on any atom is 0.0110 e. The molecule has 2 aromatic carbocycles. The van der Waals surface area contributed by atoms with E-state index in [1.165, 1.54) is 50.4 Å². The van der Waals surface area contributed by atoms with Crippen LogP contribution in [0.1, 0.15) is 24.0 Å². The van der Waals surface area contributed by atoms with E-state index >= 15 is 0 Å². The maximum absolute atomic E-state index is 2.59. The lowest BCUT2D eigenvalue weighted by Gasteiger charge is -2.34. The predicted molar refractivity (Wildman–Crippen MR) is 113 cm³/mol. The molecule has 0 aromatic heterocycles. The Kier molecular flexibility index (Phi) is 7.70. The van der Waals surface area contributed by atoms with E-state index in [1.807, 2.05) is 0 Å². The van der Waals surface area contributed by atoms with Crippen molar-refractivity contribution >= 4 is 12.2 Å². The average molecular weight is 347 g/mol. The van der Waals surface area contributed by atoms with E-state index in [1.54, 1.807) is 0 Å². The van der Waals surface area contributed by atoms with Gasteiger partial charge in [0.25, 0.3) is 0 Å². The van der Waals surface area contributed by atoms with E-state index < -0.39 is 0 Å². The van der Waals surface area contributed by atoms with Crippen molar-refractivity contribution in [2.24, 2.45) is 0 Å². The van der Waals surface area contributed by atoms with Crippen LogP contribution in [0.5, 0.6) is 0 Å². The Hall–Kier alpha value is -2.16. The zero-order valence-electron chi connectivity index (χ0n) is 15.6. The first kappa shape index (κ1) is 18.6. The van der Waals surface area contributed by atoms with Gasteiger partial charge in [0, 0.05) is 39.3 Å². The largest absolute Gasteiger partial charge is 0.300 e. The minimum Gasteiger partial charge on any atom is -0.300 e. The van der Waals surface area contributed by atoms with Crippen molar-refractivity contribution in [1.29, 1.82) is 0 Å². The first-order valence-corrected chi connectivity index (χ1v) is 9.78. The third-order valence-electron chi connectivity index (χ3n) is 4.91. The van der Waals surface area contributed by atoms with Gasteiger partial charge in [-0.3, -0.25) is 0 Å². The molecular weight excluding hydrogens is 316 g/mol. The lowest BCUT2D eigenvalue weighted by Crippen LogP contribution is -2.46. The summed E-state index contributed by atoms with van der Waals surface area (Å²) in [6, 6.07) is 21.1. The van der Waals surface area contributed by atoms with E-state index in [9.17, 15) is 0 Å². The number of hydrogen-bond acceptors (Lipinski definition) is 2. The lowest BCUT2D eigenvalue weighted by molar-refractivity contribution is 0.136. The van der Waals surface area contributed by atoms with Gasteiger partial charge in [0.05, 0.1) is 0 Å². The Morgan fingerprint density at radius 3 is 1.35 bits per heavy atom. The summed E-state index contributed by atoms with van der Waals surface area (Å²) in [5.74, 6) is 0. The average Bonchev–Trinajstić information content (AvgIpc) is 2.71. The van der Waals surface area contributed by atoms with Crippen LogP contribution in [0.4, 0.5) is 0 Å². The Morgan fingerprint density at radius 2 is 0.962 bits per heavy atom. The Morgan fingerprint density at radius 1 is 0.577 bits per heavy atom. The fourth-order valence-corrected chi connectivity index (χ4v) is 3.32. The lowest BCUT2D eigenvalue weighted by atomic mass is 10.2. The van der Waals surface area contributed by atoms with Crippen LogP contribution in [0, 0.1) is 0 Å². The van der Waals surface area contributed by atoms with Crippen molar-refractivity contribution in [2.45, 2.75) is 12.8 Å². The molecule has 0 unspecified atom stereocenters. The fourth-order valence-electron chi connectivity index (χ4n) is 3.32. The zero-order chi connectivity index (χ0) is 17.9. The summed E-state index contributed by atoms with van der Waals surface area (Å²) in [6.07, 6.45) is 11.3. The molecule has 0 amide bonds. The van der Waals surface area contributed by atoms with Gasteiger partial charge in [-0.05, 0) is 24.0 Å². The van der Waals surface area contributed by atoms with Crippen LogP contribution in [0.2, 0.25) is 0 Å². The minimum absolute atomic E-state index is 1.13. The summed E-state index contributed by atoms with van der Waals surface area (Å²) in [6.45, 7) is 7.13. The van der Waals surface area contributed by atoms with Crippen molar-refractivity contribution in [3.8, 4) is 0 Å². The molecule has 2 heteroatoms. The molecular formula is C24H30N2. The normalized spacial score (nSPS) is 16.6. The SMILES string of the molecule is C(=C\c1ccccc1)/CCN1CCN(CC/C=C/c2ccccc2)CC1. The molecule has 0 bridgehead atoms. The molecule has 0 N–H and O–H groups in total. The second kappa shape index (κ2) is 10.7. The number of piperazine rings is 1. The first-order valence-electron chi connectivity index (χ1n) is 9.78. The minimum atomic E-state index is 1.13. The molecule has 0 aliphatic carbocycles. The quantitative estimate of drug-likeness (QED) is 0.677. The molecule has 1 aliphatic rings. The Bertz CT molecular complexity index is 606. The number of nitrogens with zero attached hydrogens (tertiary/aromatic N) is 2. The second-order valence-electron chi connectivity index (χ2n) is 6.89. The molecule has 2 nitrogen and oxygen atoms in total. The van der Waals surface area contributed by atoms with E-state index in [0.717, 1.165) is 12.8 Å². The molecule has 0 atom stereocenters. The highest BCUT2D eigenvalue weighted by Gasteiger charge is 2.14. The van der Waals surface area contributed by atoms with Gasteiger partial charge in [-0.1, -0.05) is 85.0 Å². The van der Waals surface area contributed by atoms with Crippen LogP contribution < -0.4 is 0 Å². The van der Waals surface area contributed by atoms with Gasteiger partial charge in [0.1, 0.15) is 0 Å². The molecule has 0 saturated carbocycles.